The largest absolute Gasteiger partial charge is 0.378 e. The number of carbonyl (C=O) groups is 1. The van der Waals surface area contributed by atoms with Gasteiger partial charge in [0.2, 0.25) is 0 Å². The molecule has 4 heteroatoms. The van der Waals surface area contributed by atoms with Crippen molar-refractivity contribution in [1.29, 1.82) is 0 Å². The normalized spacial score (nSPS) is 16.3. The van der Waals surface area contributed by atoms with Crippen LogP contribution in [0.15, 0.2) is 53.0 Å². The molecule has 2 aromatic carbocycles. The smallest absolute Gasteiger partial charge is 0.251 e. The molecular weight excluding hydrogens is 364 g/mol. The number of nitrogens with one attached hydrogen (secondary N) is 1. The first kappa shape index (κ1) is 17.0. The molecule has 24 heavy (non-hydrogen) atoms. The lowest BCUT2D eigenvalue weighted by Gasteiger charge is -2.25. The Morgan fingerprint density at radius 1 is 1.08 bits per heavy atom. The molecule has 0 aromatic heterocycles. The zero-order valence-corrected chi connectivity index (χ0v) is 15.9. The quantitative estimate of drug-likeness (QED) is 0.827. The summed E-state index contributed by atoms with van der Waals surface area (Å²) in [5, 5.41) is 3.20. The summed E-state index contributed by atoms with van der Waals surface area (Å²) in [7, 11) is 3.98. The minimum atomic E-state index is -0.00353. The van der Waals surface area contributed by atoms with Gasteiger partial charge in [0.05, 0.1) is 0 Å². The van der Waals surface area contributed by atoms with E-state index in [4.69, 9.17) is 0 Å². The van der Waals surface area contributed by atoms with Crippen molar-refractivity contribution in [3.63, 3.8) is 0 Å². The van der Waals surface area contributed by atoms with Gasteiger partial charge in [-0.15, -0.1) is 0 Å². The SMILES string of the molecule is CC(NC(=O)c1ccc(N(C)C)cc1)C1(c2ccc(Br)cc2)CC1. The van der Waals surface area contributed by atoms with Crippen LogP contribution < -0.4 is 10.2 Å². The highest BCUT2D eigenvalue weighted by Gasteiger charge is 2.49. The molecule has 1 N–H and O–H groups in total. The fraction of sp³-hybridized carbons (Fsp3) is 0.350. The molecule has 126 valence electrons. The van der Waals surface area contributed by atoms with Crippen LogP contribution >= 0.6 is 15.9 Å². The number of anilines is 1. The summed E-state index contributed by atoms with van der Waals surface area (Å²) >= 11 is 3.48. The van der Waals surface area contributed by atoms with Gasteiger partial charge in [-0.05, 0) is 61.7 Å². The molecule has 2 aromatic rings. The van der Waals surface area contributed by atoms with Gasteiger partial charge in [0.25, 0.3) is 5.91 Å². The van der Waals surface area contributed by atoms with Gasteiger partial charge in [-0.3, -0.25) is 4.79 Å². The molecule has 1 aliphatic rings. The molecule has 1 unspecified atom stereocenters. The van der Waals surface area contributed by atoms with Crippen LogP contribution in [0.3, 0.4) is 0 Å². The van der Waals surface area contributed by atoms with E-state index in [0.29, 0.717) is 5.56 Å². The maximum Gasteiger partial charge on any atom is 0.251 e. The molecule has 1 atom stereocenters. The first-order valence-corrected chi connectivity index (χ1v) is 9.06. The summed E-state index contributed by atoms with van der Waals surface area (Å²) in [5.74, 6) is -0.00353. The monoisotopic (exact) mass is 386 g/mol. The molecule has 0 spiro atoms. The van der Waals surface area contributed by atoms with Crippen LogP contribution in [0, 0.1) is 0 Å². The van der Waals surface area contributed by atoms with Gasteiger partial charge < -0.3 is 10.2 Å². The molecule has 3 rings (SSSR count). The van der Waals surface area contributed by atoms with Crippen LogP contribution in [0.4, 0.5) is 5.69 Å². The topological polar surface area (TPSA) is 32.3 Å². The fourth-order valence-corrected chi connectivity index (χ4v) is 3.48. The van der Waals surface area contributed by atoms with Gasteiger partial charge in [-0.25, -0.2) is 0 Å². The molecule has 1 saturated carbocycles. The van der Waals surface area contributed by atoms with Gasteiger partial charge in [-0.2, -0.15) is 0 Å². The fourth-order valence-electron chi connectivity index (χ4n) is 3.22. The van der Waals surface area contributed by atoms with Crippen LogP contribution in [0.5, 0.6) is 0 Å². The van der Waals surface area contributed by atoms with E-state index in [1.54, 1.807) is 0 Å². The van der Waals surface area contributed by atoms with Crippen molar-refractivity contribution in [3.8, 4) is 0 Å². The number of hydrogen-bond donors (Lipinski definition) is 1. The second-order valence-corrected chi connectivity index (χ2v) is 7.72. The number of hydrogen-bond acceptors (Lipinski definition) is 2. The summed E-state index contributed by atoms with van der Waals surface area (Å²) in [5.41, 5.74) is 3.19. The number of nitrogens with zero attached hydrogens (tertiary/aromatic N) is 1. The first-order valence-electron chi connectivity index (χ1n) is 8.27. The maximum absolute atomic E-state index is 12.6. The van der Waals surface area contributed by atoms with E-state index >= 15 is 0 Å². The van der Waals surface area contributed by atoms with E-state index in [1.165, 1.54) is 5.56 Å². The van der Waals surface area contributed by atoms with Crippen molar-refractivity contribution in [2.75, 3.05) is 19.0 Å². The van der Waals surface area contributed by atoms with Gasteiger partial charge in [0.15, 0.2) is 0 Å². The summed E-state index contributed by atoms with van der Waals surface area (Å²) < 4.78 is 1.08. The summed E-state index contributed by atoms with van der Waals surface area (Å²) in [6.07, 6.45) is 2.24. The minimum absolute atomic E-state index is 0.00353. The van der Waals surface area contributed by atoms with Gasteiger partial charge in [0, 0.05) is 41.3 Å². The Hall–Kier alpha value is -1.81. The lowest BCUT2D eigenvalue weighted by atomic mass is 9.89. The second-order valence-electron chi connectivity index (χ2n) is 6.80. The molecule has 1 fully saturated rings. The number of halogens is 1. The van der Waals surface area contributed by atoms with Crippen LogP contribution in [-0.4, -0.2) is 26.0 Å². The van der Waals surface area contributed by atoms with Crippen molar-refractivity contribution in [1.82, 2.24) is 5.32 Å². The summed E-state index contributed by atoms with van der Waals surface area (Å²) in [6, 6.07) is 16.3. The molecule has 3 nitrogen and oxygen atoms in total. The lowest BCUT2D eigenvalue weighted by molar-refractivity contribution is 0.0932. The number of benzene rings is 2. The highest BCUT2D eigenvalue weighted by Crippen LogP contribution is 2.51. The molecule has 1 aliphatic carbocycles. The van der Waals surface area contributed by atoms with E-state index in [1.807, 2.05) is 43.3 Å². The Labute approximate surface area is 152 Å². The zero-order chi connectivity index (χ0) is 17.3. The molecule has 0 saturated heterocycles. The molecular formula is C20H23BrN2O. The highest BCUT2D eigenvalue weighted by molar-refractivity contribution is 9.10. The predicted octanol–water partition coefficient (Wildman–Crippen LogP) is 4.37. The Balaban J connectivity index is 1.71. The third kappa shape index (κ3) is 3.34. The average molecular weight is 387 g/mol. The zero-order valence-electron chi connectivity index (χ0n) is 14.3. The first-order chi connectivity index (χ1) is 11.4. The Kier molecular flexibility index (Phi) is 4.68. The van der Waals surface area contributed by atoms with Crippen LogP contribution in [-0.2, 0) is 5.41 Å². The van der Waals surface area contributed by atoms with E-state index in [-0.39, 0.29) is 17.4 Å². The molecule has 0 bridgehead atoms. The highest BCUT2D eigenvalue weighted by atomic mass is 79.9. The van der Waals surface area contributed by atoms with Crippen LogP contribution in [0.25, 0.3) is 0 Å². The second kappa shape index (κ2) is 6.60. The van der Waals surface area contributed by atoms with E-state index in [2.05, 4.69) is 52.4 Å². The van der Waals surface area contributed by atoms with E-state index in [0.717, 1.165) is 23.0 Å². The third-order valence-electron chi connectivity index (χ3n) is 5.03. The van der Waals surface area contributed by atoms with Gasteiger partial charge in [0.1, 0.15) is 0 Å². The van der Waals surface area contributed by atoms with Crippen LogP contribution in [0.1, 0.15) is 35.7 Å². The number of rotatable bonds is 5. The summed E-state index contributed by atoms with van der Waals surface area (Å²) in [6.45, 7) is 2.11. The van der Waals surface area contributed by atoms with Crippen molar-refractivity contribution in [2.45, 2.75) is 31.2 Å². The van der Waals surface area contributed by atoms with Crippen molar-refractivity contribution in [3.05, 3.63) is 64.1 Å². The molecule has 1 amide bonds. The molecule has 0 aliphatic heterocycles. The minimum Gasteiger partial charge on any atom is -0.378 e. The standard InChI is InChI=1S/C20H23BrN2O/c1-14(20(12-13-20)16-6-8-17(21)9-7-16)22-19(24)15-4-10-18(11-5-15)23(2)3/h4-11,14H,12-13H2,1-3H3,(H,22,24). The average Bonchev–Trinajstić information content (AvgIpc) is 3.37. The third-order valence-corrected chi connectivity index (χ3v) is 5.56. The van der Waals surface area contributed by atoms with E-state index < -0.39 is 0 Å². The predicted molar refractivity (Wildman–Crippen MR) is 103 cm³/mol. The molecule has 0 heterocycles. The lowest BCUT2D eigenvalue weighted by Crippen LogP contribution is -2.41. The Morgan fingerprint density at radius 3 is 2.17 bits per heavy atom. The van der Waals surface area contributed by atoms with Crippen molar-refractivity contribution >= 4 is 27.5 Å². The Morgan fingerprint density at radius 2 is 1.67 bits per heavy atom. The van der Waals surface area contributed by atoms with Gasteiger partial charge >= 0.3 is 0 Å². The van der Waals surface area contributed by atoms with Crippen LogP contribution in [0.2, 0.25) is 0 Å². The maximum atomic E-state index is 12.6. The van der Waals surface area contributed by atoms with Crippen molar-refractivity contribution < 1.29 is 4.79 Å². The summed E-state index contributed by atoms with van der Waals surface area (Å²) in [4.78, 5) is 14.6. The van der Waals surface area contributed by atoms with E-state index in [9.17, 15) is 4.79 Å². The molecule has 0 radical (unpaired) electrons. The number of carbonyl (C=O) groups excluding carboxylic acids is 1. The van der Waals surface area contributed by atoms with Gasteiger partial charge in [-0.1, -0.05) is 28.1 Å². The Bertz CT molecular complexity index is 718. The number of amides is 1. The van der Waals surface area contributed by atoms with Crippen molar-refractivity contribution in [2.24, 2.45) is 0 Å².